The number of para-hydroxylation sites is 1. The number of unbranched alkanes of at least 4 members (excludes halogenated alkanes) is 1. The highest BCUT2D eigenvalue weighted by molar-refractivity contribution is 5.91. The number of aromatic nitrogens is 1. The molecule has 0 aliphatic carbocycles. The lowest BCUT2D eigenvalue weighted by atomic mass is 9.88. The first kappa shape index (κ1) is 14.5. The molecule has 0 fully saturated rings. The fourth-order valence-corrected chi connectivity index (χ4v) is 2.68. The Labute approximate surface area is 119 Å². The molecule has 3 heteroatoms. The van der Waals surface area contributed by atoms with Crippen LogP contribution in [-0.4, -0.2) is 16.1 Å². The van der Waals surface area contributed by atoms with Crippen LogP contribution in [0.15, 0.2) is 30.3 Å². The van der Waals surface area contributed by atoms with E-state index in [1.165, 1.54) is 0 Å². The maximum absolute atomic E-state index is 11.3. The number of fused-ring (bicyclic) bond motifs is 1. The Morgan fingerprint density at radius 2 is 2.05 bits per heavy atom. The Bertz CT molecular complexity index is 607. The van der Waals surface area contributed by atoms with Crippen LogP contribution in [0, 0.1) is 0 Å². The number of carboxylic acids is 1. The quantitative estimate of drug-likeness (QED) is 0.834. The van der Waals surface area contributed by atoms with Gasteiger partial charge in [0.1, 0.15) is 5.69 Å². The second-order valence-electron chi connectivity index (χ2n) is 5.17. The number of rotatable bonds is 6. The third-order valence-corrected chi connectivity index (χ3v) is 3.81. The van der Waals surface area contributed by atoms with E-state index in [2.05, 4.69) is 18.8 Å². The van der Waals surface area contributed by atoms with Gasteiger partial charge in [-0.05, 0) is 36.5 Å². The summed E-state index contributed by atoms with van der Waals surface area (Å²) in [6.07, 6.45) is 4.44. The Morgan fingerprint density at radius 1 is 1.30 bits per heavy atom. The van der Waals surface area contributed by atoms with Gasteiger partial charge in [-0.25, -0.2) is 9.78 Å². The summed E-state index contributed by atoms with van der Waals surface area (Å²) in [5.74, 6) is -0.553. The smallest absolute Gasteiger partial charge is 0.354 e. The fourth-order valence-electron chi connectivity index (χ4n) is 2.68. The van der Waals surface area contributed by atoms with Crippen LogP contribution >= 0.6 is 0 Å². The summed E-state index contributed by atoms with van der Waals surface area (Å²) in [5, 5.41) is 10.3. The monoisotopic (exact) mass is 271 g/mol. The number of carboxylic acid groups (broad SMARTS) is 1. The van der Waals surface area contributed by atoms with E-state index in [1.807, 2.05) is 24.3 Å². The van der Waals surface area contributed by atoms with Gasteiger partial charge in [-0.2, -0.15) is 0 Å². The minimum atomic E-state index is -0.956. The molecule has 1 aromatic carbocycles. The van der Waals surface area contributed by atoms with Crippen molar-refractivity contribution in [3.8, 4) is 0 Å². The SMILES string of the molecule is CCCCC(CC)c1cc(C(=O)O)nc2ccccc12. The van der Waals surface area contributed by atoms with E-state index in [-0.39, 0.29) is 5.69 Å². The third kappa shape index (κ3) is 2.98. The Balaban J connectivity index is 2.56. The lowest BCUT2D eigenvalue weighted by Gasteiger charge is -2.17. The number of carbonyl (C=O) groups is 1. The normalized spacial score (nSPS) is 12.5. The highest BCUT2D eigenvalue weighted by Gasteiger charge is 2.16. The number of nitrogens with zero attached hydrogens (tertiary/aromatic N) is 1. The zero-order valence-corrected chi connectivity index (χ0v) is 12.1. The van der Waals surface area contributed by atoms with Crippen molar-refractivity contribution in [3.05, 3.63) is 41.6 Å². The first-order valence-electron chi connectivity index (χ1n) is 7.30. The van der Waals surface area contributed by atoms with Crippen molar-refractivity contribution in [2.45, 2.75) is 45.4 Å². The Kier molecular flexibility index (Phi) is 4.72. The van der Waals surface area contributed by atoms with Crippen LogP contribution in [0.2, 0.25) is 0 Å². The van der Waals surface area contributed by atoms with E-state index in [0.717, 1.165) is 42.1 Å². The van der Waals surface area contributed by atoms with Crippen LogP contribution in [0.5, 0.6) is 0 Å². The third-order valence-electron chi connectivity index (χ3n) is 3.81. The summed E-state index contributed by atoms with van der Waals surface area (Å²) in [6, 6.07) is 9.57. The van der Waals surface area contributed by atoms with Crippen molar-refractivity contribution in [1.82, 2.24) is 4.98 Å². The molecule has 1 unspecified atom stereocenters. The number of aromatic carboxylic acids is 1. The molecule has 1 N–H and O–H groups in total. The lowest BCUT2D eigenvalue weighted by Crippen LogP contribution is -2.06. The van der Waals surface area contributed by atoms with Crippen molar-refractivity contribution in [3.63, 3.8) is 0 Å². The van der Waals surface area contributed by atoms with Crippen molar-refractivity contribution >= 4 is 16.9 Å². The molecule has 0 radical (unpaired) electrons. The molecule has 0 saturated heterocycles. The maximum atomic E-state index is 11.3. The molecule has 0 bridgehead atoms. The average molecular weight is 271 g/mol. The molecular formula is C17H21NO2. The topological polar surface area (TPSA) is 50.2 Å². The number of pyridine rings is 1. The van der Waals surface area contributed by atoms with Gasteiger partial charge in [-0.15, -0.1) is 0 Å². The van der Waals surface area contributed by atoms with Gasteiger partial charge in [0, 0.05) is 5.39 Å². The van der Waals surface area contributed by atoms with E-state index >= 15 is 0 Å². The minimum Gasteiger partial charge on any atom is -0.477 e. The fraction of sp³-hybridized carbons (Fsp3) is 0.412. The summed E-state index contributed by atoms with van der Waals surface area (Å²) in [6.45, 7) is 4.34. The molecule has 0 aliphatic rings. The van der Waals surface area contributed by atoms with Crippen molar-refractivity contribution in [1.29, 1.82) is 0 Å². The second kappa shape index (κ2) is 6.51. The van der Waals surface area contributed by atoms with E-state index in [9.17, 15) is 9.90 Å². The highest BCUT2D eigenvalue weighted by atomic mass is 16.4. The first-order valence-corrected chi connectivity index (χ1v) is 7.30. The minimum absolute atomic E-state index is 0.147. The van der Waals surface area contributed by atoms with Gasteiger partial charge in [-0.3, -0.25) is 0 Å². The molecular weight excluding hydrogens is 250 g/mol. The van der Waals surface area contributed by atoms with Crippen molar-refractivity contribution < 1.29 is 9.90 Å². The molecule has 0 spiro atoms. The van der Waals surface area contributed by atoms with E-state index in [1.54, 1.807) is 6.07 Å². The molecule has 1 heterocycles. The van der Waals surface area contributed by atoms with Crippen LogP contribution in [0.1, 0.15) is 61.5 Å². The van der Waals surface area contributed by atoms with Gasteiger partial charge in [0.15, 0.2) is 0 Å². The van der Waals surface area contributed by atoms with Gasteiger partial charge < -0.3 is 5.11 Å². The number of hydrogen-bond donors (Lipinski definition) is 1. The van der Waals surface area contributed by atoms with Crippen molar-refractivity contribution in [2.24, 2.45) is 0 Å². The summed E-state index contributed by atoms with van der Waals surface area (Å²) in [5.41, 5.74) is 2.05. The molecule has 1 aromatic heterocycles. The lowest BCUT2D eigenvalue weighted by molar-refractivity contribution is 0.0691. The molecule has 2 aromatic rings. The average Bonchev–Trinajstić information content (AvgIpc) is 2.47. The Hall–Kier alpha value is -1.90. The molecule has 0 saturated carbocycles. The van der Waals surface area contributed by atoms with Crippen LogP contribution in [0.4, 0.5) is 0 Å². The zero-order chi connectivity index (χ0) is 14.5. The predicted molar refractivity (Wildman–Crippen MR) is 81.3 cm³/mol. The van der Waals surface area contributed by atoms with Gasteiger partial charge in [-0.1, -0.05) is 44.9 Å². The van der Waals surface area contributed by atoms with Gasteiger partial charge in [0.25, 0.3) is 0 Å². The second-order valence-corrected chi connectivity index (χ2v) is 5.17. The van der Waals surface area contributed by atoms with Gasteiger partial charge in [0.2, 0.25) is 0 Å². The molecule has 0 amide bonds. The summed E-state index contributed by atoms with van der Waals surface area (Å²) < 4.78 is 0. The maximum Gasteiger partial charge on any atom is 0.354 e. The number of benzene rings is 1. The number of hydrogen-bond acceptors (Lipinski definition) is 2. The van der Waals surface area contributed by atoms with Crippen LogP contribution < -0.4 is 0 Å². The van der Waals surface area contributed by atoms with Crippen LogP contribution in [-0.2, 0) is 0 Å². The Morgan fingerprint density at radius 3 is 2.70 bits per heavy atom. The van der Waals surface area contributed by atoms with E-state index in [0.29, 0.717) is 5.92 Å². The molecule has 20 heavy (non-hydrogen) atoms. The van der Waals surface area contributed by atoms with Crippen LogP contribution in [0.3, 0.4) is 0 Å². The summed E-state index contributed by atoms with van der Waals surface area (Å²) in [7, 11) is 0. The van der Waals surface area contributed by atoms with Crippen molar-refractivity contribution in [2.75, 3.05) is 0 Å². The van der Waals surface area contributed by atoms with Gasteiger partial charge in [0.05, 0.1) is 5.52 Å². The molecule has 2 rings (SSSR count). The van der Waals surface area contributed by atoms with Crippen LogP contribution in [0.25, 0.3) is 10.9 Å². The zero-order valence-electron chi connectivity index (χ0n) is 12.1. The standard InChI is InChI=1S/C17H21NO2/c1-3-5-8-12(4-2)14-11-16(17(19)20)18-15-10-7-6-9-13(14)15/h6-7,9-12H,3-5,8H2,1-2H3,(H,19,20). The predicted octanol–water partition coefficient (Wildman–Crippen LogP) is 4.62. The summed E-state index contributed by atoms with van der Waals surface area (Å²) >= 11 is 0. The van der Waals surface area contributed by atoms with Gasteiger partial charge >= 0.3 is 5.97 Å². The highest BCUT2D eigenvalue weighted by Crippen LogP contribution is 2.31. The van der Waals surface area contributed by atoms with E-state index < -0.39 is 5.97 Å². The molecule has 1 atom stereocenters. The first-order chi connectivity index (χ1) is 9.67. The molecule has 3 nitrogen and oxygen atoms in total. The molecule has 0 aliphatic heterocycles. The summed E-state index contributed by atoms with van der Waals surface area (Å²) in [4.78, 5) is 15.5. The molecule has 106 valence electrons. The largest absolute Gasteiger partial charge is 0.477 e. The van der Waals surface area contributed by atoms with E-state index in [4.69, 9.17) is 0 Å².